The third-order valence-corrected chi connectivity index (χ3v) is 9.29. The van der Waals surface area contributed by atoms with E-state index in [0.717, 1.165) is 31.4 Å². The minimum atomic E-state index is -1.28. The summed E-state index contributed by atoms with van der Waals surface area (Å²) in [6.07, 6.45) is 7.01. The number of nitrogens with one attached hydrogen (secondary N) is 1. The lowest BCUT2D eigenvalue weighted by molar-refractivity contribution is -0.198. The zero-order valence-electron chi connectivity index (χ0n) is 21.1. The summed E-state index contributed by atoms with van der Waals surface area (Å²) in [5.74, 6) is -0.107. The molecule has 0 radical (unpaired) electrons. The Morgan fingerprint density at radius 2 is 1.83 bits per heavy atom. The summed E-state index contributed by atoms with van der Waals surface area (Å²) in [7, 11) is 3.28. The zero-order valence-corrected chi connectivity index (χ0v) is 21.1. The molecular weight excluding hydrogens is 442 g/mol. The molecule has 0 spiro atoms. The highest BCUT2D eigenvalue weighted by molar-refractivity contribution is 5.93. The molecule has 6 heteroatoms. The van der Waals surface area contributed by atoms with Gasteiger partial charge in [0.1, 0.15) is 0 Å². The number of allylic oxidation sites excluding steroid dienone is 4. The van der Waals surface area contributed by atoms with E-state index in [1.54, 1.807) is 0 Å². The van der Waals surface area contributed by atoms with Gasteiger partial charge in [-0.25, -0.2) is 4.79 Å². The van der Waals surface area contributed by atoms with E-state index >= 15 is 0 Å². The molecule has 0 heterocycles. The van der Waals surface area contributed by atoms with Crippen LogP contribution in [0, 0.1) is 17.3 Å². The largest absolute Gasteiger partial charge is 0.466 e. The number of carbonyl (C=O) groups excluding carboxylic acids is 3. The van der Waals surface area contributed by atoms with E-state index in [2.05, 4.69) is 36.5 Å². The first-order valence-electron chi connectivity index (χ1n) is 12.8. The van der Waals surface area contributed by atoms with Gasteiger partial charge in [-0.05, 0) is 85.3 Å². The van der Waals surface area contributed by atoms with Gasteiger partial charge in [0.05, 0.1) is 7.11 Å². The van der Waals surface area contributed by atoms with Crippen LogP contribution in [0.4, 0.5) is 5.69 Å². The van der Waals surface area contributed by atoms with E-state index in [4.69, 9.17) is 9.47 Å². The SMILES string of the molecule is CNc1ccc(C2C[C@@]3(C)C(CC[C@@]3(OC(C)=O)C(=O)OC)C3CCC4=CC(=O)CCC4=C23)cc1. The molecule has 5 rings (SSSR count). The van der Waals surface area contributed by atoms with Crippen molar-refractivity contribution in [1.29, 1.82) is 0 Å². The first-order chi connectivity index (χ1) is 16.7. The maximum Gasteiger partial charge on any atom is 0.350 e. The summed E-state index contributed by atoms with van der Waals surface area (Å²) in [6, 6.07) is 8.50. The summed E-state index contributed by atoms with van der Waals surface area (Å²) >= 11 is 0. The molecule has 0 aromatic heterocycles. The average molecular weight is 478 g/mol. The number of benzene rings is 1. The van der Waals surface area contributed by atoms with Crippen LogP contribution >= 0.6 is 0 Å². The molecule has 186 valence electrons. The second-order valence-corrected chi connectivity index (χ2v) is 10.8. The average Bonchev–Trinajstić information content (AvgIpc) is 3.14. The van der Waals surface area contributed by atoms with Crippen LogP contribution in [-0.2, 0) is 23.9 Å². The number of ketones is 1. The fourth-order valence-electron chi connectivity index (χ4n) is 7.78. The van der Waals surface area contributed by atoms with Crippen molar-refractivity contribution in [2.45, 2.75) is 70.3 Å². The van der Waals surface area contributed by atoms with Crippen molar-refractivity contribution in [2.75, 3.05) is 19.5 Å². The van der Waals surface area contributed by atoms with Crippen LogP contribution in [0.25, 0.3) is 0 Å². The van der Waals surface area contributed by atoms with Crippen molar-refractivity contribution in [2.24, 2.45) is 17.3 Å². The second kappa shape index (κ2) is 8.65. The third kappa shape index (κ3) is 3.56. The van der Waals surface area contributed by atoms with Crippen molar-refractivity contribution in [3.05, 3.63) is 52.6 Å². The van der Waals surface area contributed by atoms with E-state index in [1.165, 1.54) is 36.3 Å². The Hall–Kier alpha value is -2.89. The molecule has 0 amide bonds. The summed E-state index contributed by atoms with van der Waals surface area (Å²) in [4.78, 5) is 37.8. The molecule has 1 aromatic carbocycles. The fourth-order valence-corrected chi connectivity index (χ4v) is 7.78. The molecule has 2 fully saturated rings. The number of carbonyl (C=O) groups is 3. The smallest absolute Gasteiger partial charge is 0.350 e. The van der Waals surface area contributed by atoms with Gasteiger partial charge in [-0.1, -0.05) is 24.6 Å². The molecule has 35 heavy (non-hydrogen) atoms. The van der Waals surface area contributed by atoms with Gasteiger partial charge in [-0.3, -0.25) is 9.59 Å². The number of rotatable bonds is 4. The molecule has 1 N–H and O–H groups in total. The lowest BCUT2D eigenvalue weighted by atomic mass is 9.51. The van der Waals surface area contributed by atoms with Gasteiger partial charge >= 0.3 is 11.9 Å². The predicted octanol–water partition coefficient (Wildman–Crippen LogP) is 5.10. The fraction of sp³-hybridized carbons (Fsp3) is 0.552. The van der Waals surface area contributed by atoms with Crippen molar-refractivity contribution < 1.29 is 23.9 Å². The Balaban J connectivity index is 1.69. The minimum absolute atomic E-state index is 0.0803. The molecule has 0 saturated heterocycles. The molecule has 3 unspecified atom stereocenters. The molecule has 2 saturated carbocycles. The van der Waals surface area contributed by atoms with E-state index in [0.29, 0.717) is 19.3 Å². The number of anilines is 1. The molecule has 6 nitrogen and oxygen atoms in total. The lowest BCUT2D eigenvalue weighted by Crippen LogP contribution is -2.58. The Morgan fingerprint density at radius 3 is 2.49 bits per heavy atom. The Kier molecular flexibility index (Phi) is 5.89. The van der Waals surface area contributed by atoms with Gasteiger partial charge in [0.2, 0.25) is 5.60 Å². The van der Waals surface area contributed by atoms with Crippen LogP contribution in [-0.4, -0.2) is 37.5 Å². The van der Waals surface area contributed by atoms with Gasteiger partial charge < -0.3 is 14.8 Å². The van der Waals surface area contributed by atoms with Crippen molar-refractivity contribution in [3.8, 4) is 0 Å². The summed E-state index contributed by atoms with van der Waals surface area (Å²) < 4.78 is 11.2. The number of ether oxygens (including phenoxy) is 2. The van der Waals surface area contributed by atoms with Crippen LogP contribution in [0.3, 0.4) is 0 Å². The van der Waals surface area contributed by atoms with Crippen molar-refractivity contribution >= 4 is 23.4 Å². The third-order valence-electron chi connectivity index (χ3n) is 9.29. The summed E-state index contributed by atoms with van der Waals surface area (Å²) in [6.45, 7) is 3.51. The van der Waals surface area contributed by atoms with Crippen LogP contribution in [0.1, 0.15) is 70.3 Å². The number of hydrogen-bond donors (Lipinski definition) is 1. The van der Waals surface area contributed by atoms with E-state index < -0.39 is 23.0 Å². The van der Waals surface area contributed by atoms with Gasteiger partial charge in [0.25, 0.3) is 0 Å². The zero-order chi connectivity index (χ0) is 25.0. The van der Waals surface area contributed by atoms with Crippen LogP contribution in [0.2, 0.25) is 0 Å². The number of methoxy groups -OCH3 is 1. The lowest BCUT2D eigenvalue weighted by Gasteiger charge is -2.54. The van der Waals surface area contributed by atoms with Crippen molar-refractivity contribution in [3.63, 3.8) is 0 Å². The molecule has 4 aliphatic carbocycles. The Morgan fingerprint density at radius 1 is 1.09 bits per heavy atom. The highest BCUT2D eigenvalue weighted by Gasteiger charge is 2.69. The van der Waals surface area contributed by atoms with Crippen LogP contribution in [0.5, 0.6) is 0 Å². The standard InChI is InChI=1S/C29H35NO5/c1-17(31)35-29(27(33)34-4)14-13-25-23-11-7-19-15-21(32)10-12-22(19)26(23)24(16-28(25,29)2)18-5-8-20(30-3)9-6-18/h5-6,8-9,15,23-25,30H,7,10-14,16H2,1-4H3/t23?,24?,25?,28-,29+/m0/s1. The second-order valence-electron chi connectivity index (χ2n) is 10.8. The van der Waals surface area contributed by atoms with E-state index in [-0.39, 0.29) is 23.5 Å². The van der Waals surface area contributed by atoms with Gasteiger partial charge in [-0.2, -0.15) is 0 Å². The maximum atomic E-state index is 13.3. The molecule has 4 aliphatic rings. The number of hydrogen-bond acceptors (Lipinski definition) is 6. The van der Waals surface area contributed by atoms with Gasteiger partial charge in [-0.15, -0.1) is 0 Å². The van der Waals surface area contributed by atoms with E-state index in [1.807, 2.05) is 13.1 Å². The van der Waals surface area contributed by atoms with Gasteiger partial charge in [0, 0.05) is 37.4 Å². The molecule has 5 atom stereocenters. The topological polar surface area (TPSA) is 81.7 Å². The molecule has 0 aliphatic heterocycles. The maximum absolute atomic E-state index is 13.3. The predicted molar refractivity (Wildman–Crippen MR) is 133 cm³/mol. The van der Waals surface area contributed by atoms with Crippen LogP contribution in [0.15, 0.2) is 47.1 Å². The summed E-state index contributed by atoms with van der Waals surface area (Å²) in [5, 5.41) is 3.19. The molecular formula is C29H35NO5. The number of esters is 2. The normalized spacial score (nSPS) is 33.8. The number of fused-ring (bicyclic) bond motifs is 4. The van der Waals surface area contributed by atoms with E-state index in [9.17, 15) is 14.4 Å². The Bertz CT molecular complexity index is 1130. The quantitative estimate of drug-likeness (QED) is 0.608. The highest BCUT2D eigenvalue weighted by atomic mass is 16.6. The monoisotopic (exact) mass is 477 g/mol. The van der Waals surface area contributed by atoms with Gasteiger partial charge in [0.15, 0.2) is 5.78 Å². The highest BCUT2D eigenvalue weighted by Crippen LogP contribution is 2.67. The Labute approximate surface area is 207 Å². The van der Waals surface area contributed by atoms with Crippen molar-refractivity contribution in [1.82, 2.24) is 0 Å². The minimum Gasteiger partial charge on any atom is -0.466 e. The van der Waals surface area contributed by atoms with Crippen LogP contribution < -0.4 is 5.32 Å². The first kappa shape index (κ1) is 23.8. The summed E-state index contributed by atoms with van der Waals surface area (Å²) in [5.41, 5.74) is 4.40. The molecule has 1 aromatic rings. The molecule has 0 bridgehead atoms. The first-order valence-corrected chi connectivity index (χ1v) is 12.8.